The number of hydrogen-bond donors (Lipinski definition) is 1. The lowest BCUT2D eigenvalue weighted by Crippen LogP contribution is -2.30. The second-order valence-electron chi connectivity index (χ2n) is 6.57. The minimum Gasteiger partial charge on any atom is -0.378 e. The third-order valence-electron chi connectivity index (χ3n) is 4.75. The number of para-hydroxylation sites is 1. The normalized spacial score (nSPS) is 14.7. The van der Waals surface area contributed by atoms with E-state index in [0.717, 1.165) is 31.1 Å². The Morgan fingerprint density at radius 2 is 2.00 bits per heavy atom. The summed E-state index contributed by atoms with van der Waals surface area (Å²) in [7, 11) is 1.66. The number of methoxy groups -OCH3 is 1. The molecule has 136 valence electrons. The van der Waals surface area contributed by atoms with Crippen molar-refractivity contribution in [3.05, 3.63) is 47.9 Å². The van der Waals surface area contributed by atoms with E-state index in [4.69, 9.17) is 4.74 Å². The van der Waals surface area contributed by atoms with Gasteiger partial charge in [-0.25, -0.2) is 4.98 Å². The number of rotatable bonds is 6. The number of piperidine rings is 1. The van der Waals surface area contributed by atoms with Crippen LogP contribution >= 0.6 is 0 Å². The van der Waals surface area contributed by atoms with Gasteiger partial charge in [-0.05, 0) is 30.9 Å². The van der Waals surface area contributed by atoms with Crippen LogP contribution in [0.5, 0.6) is 0 Å². The van der Waals surface area contributed by atoms with E-state index in [9.17, 15) is 0 Å². The van der Waals surface area contributed by atoms with Crippen LogP contribution in [-0.4, -0.2) is 39.8 Å². The molecule has 0 radical (unpaired) electrons. The third kappa shape index (κ3) is 3.48. The van der Waals surface area contributed by atoms with Crippen molar-refractivity contribution >= 4 is 17.3 Å². The second-order valence-corrected chi connectivity index (χ2v) is 6.57. The van der Waals surface area contributed by atoms with Crippen molar-refractivity contribution < 1.29 is 4.74 Å². The maximum atomic E-state index is 5.22. The van der Waals surface area contributed by atoms with E-state index in [-0.39, 0.29) is 0 Å². The van der Waals surface area contributed by atoms with E-state index in [0.29, 0.717) is 12.4 Å². The lowest BCUT2D eigenvalue weighted by atomic mass is 10.1. The predicted octanol–water partition coefficient (Wildman–Crippen LogP) is 2.87. The molecule has 0 spiro atoms. The van der Waals surface area contributed by atoms with Gasteiger partial charge in [0.1, 0.15) is 12.1 Å². The molecule has 0 unspecified atom stereocenters. The van der Waals surface area contributed by atoms with Crippen LogP contribution in [-0.2, 0) is 17.9 Å². The average Bonchev–Trinajstić information content (AvgIpc) is 3.16. The van der Waals surface area contributed by atoms with E-state index < -0.39 is 0 Å². The molecular formula is C19H24N6O. The van der Waals surface area contributed by atoms with Crippen molar-refractivity contribution in [3.63, 3.8) is 0 Å². The summed E-state index contributed by atoms with van der Waals surface area (Å²) in [5, 5.41) is 7.78. The smallest absolute Gasteiger partial charge is 0.254 e. The number of nitrogens with zero attached hydrogens (tertiary/aromatic N) is 5. The summed E-state index contributed by atoms with van der Waals surface area (Å²) in [6.45, 7) is 3.44. The standard InChI is InChI=1S/C19H24N6O/c1-26-13-16-11-18(25-19(23-16)21-14-22-25)20-12-15-7-3-4-8-17(15)24-9-5-2-6-10-24/h3-4,7-8,11,14,20H,2,5-6,9-10,12-13H2,1H3. The van der Waals surface area contributed by atoms with E-state index in [1.54, 1.807) is 11.6 Å². The molecule has 1 aliphatic rings. The number of ether oxygens (including phenoxy) is 1. The molecule has 0 saturated carbocycles. The first kappa shape index (κ1) is 16.8. The first-order valence-electron chi connectivity index (χ1n) is 9.10. The molecule has 0 atom stereocenters. The van der Waals surface area contributed by atoms with Gasteiger partial charge in [0, 0.05) is 38.5 Å². The van der Waals surface area contributed by atoms with Crippen LogP contribution in [0.25, 0.3) is 5.78 Å². The Hall–Kier alpha value is -2.67. The zero-order valence-electron chi connectivity index (χ0n) is 15.1. The molecule has 2 aromatic heterocycles. The molecule has 1 saturated heterocycles. The van der Waals surface area contributed by atoms with Crippen molar-refractivity contribution in [2.24, 2.45) is 0 Å². The summed E-state index contributed by atoms with van der Waals surface area (Å²) in [6, 6.07) is 10.6. The number of nitrogens with one attached hydrogen (secondary N) is 1. The Morgan fingerprint density at radius 3 is 2.85 bits per heavy atom. The molecular weight excluding hydrogens is 328 g/mol. The maximum absolute atomic E-state index is 5.22. The number of fused-ring (bicyclic) bond motifs is 1. The van der Waals surface area contributed by atoms with Gasteiger partial charge in [0.15, 0.2) is 0 Å². The second kappa shape index (κ2) is 7.70. The third-order valence-corrected chi connectivity index (χ3v) is 4.75. The lowest BCUT2D eigenvalue weighted by molar-refractivity contribution is 0.181. The van der Waals surface area contributed by atoms with Crippen molar-refractivity contribution in [3.8, 4) is 0 Å². The fourth-order valence-electron chi connectivity index (χ4n) is 3.50. The number of anilines is 2. The van der Waals surface area contributed by atoms with Gasteiger partial charge in [0.25, 0.3) is 5.78 Å². The van der Waals surface area contributed by atoms with E-state index in [2.05, 4.69) is 49.5 Å². The van der Waals surface area contributed by atoms with Crippen molar-refractivity contribution in [2.45, 2.75) is 32.4 Å². The molecule has 1 N–H and O–H groups in total. The Morgan fingerprint density at radius 1 is 1.15 bits per heavy atom. The van der Waals surface area contributed by atoms with Crippen LogP contribution in [0.3, 0.4) is 0 Å². The molecule has 1 aliphatic heterocycles. The quantitative estimate of drug-likeness (QED) is 0.736. The summed E-state index contributed by atoms with van der Waals surface area (Å²) < 4.78 is 6.94. The summed E-state index contributed by atoms with van der Waals surface area (Å²) in [4.78, 5) is 11.1. The monoisotopic (exact) mass is 352 g/mol. The molecule has 7 heteroatoms. The van der Waals surface area contributed by atoms with Crippen LogP contribution in [0.2, 0.25) is 0 Å². The summed E-state index contributed by atoms with van der Waals surface area (Å²) >= 11 is 0. The minimum absolute atomic E-state index is 0.447. The van der Waals surface area contributed by atoms with Gasteiger partial charge >= 0.3 is 0 Å². The number of benzene rings is 1. The average molecular weight is 352 g/mol. The van der Waals surface area contributed by atoms with Crippen LogP contribution in [0, 0.1) is 0 Å². The Labute approximate surface area is 153 Å². The van der Waals surface area contributed by atoms with Crippen LogP contribution in [0.4, 0.5) is 11.5 Å². The topological polar surface area (TPSA) is 67.6 Å². The Kier molecular flexibility index (Phi) is 4.97. The summed E-state index contributed by atoms with van der Waals surface area (Å²) in [5.74, 6) is 1.44. The molecule has 26 heavy (non-hydrogen) atoms. The highest BCUT2D eigenvalue weighted by molar-refractivity contribution is 5.55. The molecule has 0 bridgehead atoms. The highest BCUT2D eigenvalue weighted by Gasteiger charge is 2.14. The number of aromatic nitrogens is 4. The molecule has 0 amide bonds. The molecule has 7 nitrogen and oxygen atoms in total. The molecule has 1 fully saturated rings. The van der Waals surface area contributed by atoms with Crippen LogP contribution < -0.4 is 10.2 Å². The highest BCUT2D eigenvalue weighted by atomic mass is 16.5. The van der Waals surface area contributed by atoms with Gasteiger partial charge in [-0.2, -0.15) is 14.6 Å². The Bertz CT molecular complexity index is 871. The number of hydrogen-bond acceptors (Lipinski definition) is 6. The van der Waals surface area contributed by atoms with Gasteiger partial charge in [-0.1, -0.05) is 18.2 Å². The lowest BCUT2D eigenvalue weighted by Gasteiger charge is -2.30. The van der Waals surface area contributed by atoms with E-state index in [1.165, 1.54) is 36.8 Å². The van der Waals surface area contributed by atoms with Crippen molar-refractivity contribution in [1.82, 2.24) is 19.6 Å². The van der Waals surface area contributed by atoms with Gasteiger partial charge in [-0.15, -0.1) is 0 Å². The molecule has 0 aliphatic carbocycles. The summed E-state index contributed by atoms with van der Waals surface area (Å²) in [5.41, 5.74) is 3.44. The highest BCUT2D eigenvalue weighted by Crippen LogP contribution is 2.25. The maximum Gasteiger partial charge on any atom is 0.254 e. The fraction of sp³-hybridized carbons (Fsp3) is 0.421. The van der Waals surface area contributed by atoms with E-state index in [1.807, 2.05) is 6.07 Å². The Balaban J connectivity index is 1.58. The van der Waals surface area contributed by atoms with Gasteiger partial charge in [0.2, 0.25) is 0 Å². The van der Waals surface area contributed by atoms with Crippen molar-refractivity contribution in [2.75, 3.05) is 30.4 Å². The molecule has 4 rings (SSSR count). The van der Waals surface area contributed by atoms with Crippen molar-refractivity contribution in [1.29, 1.82) is 0 Å². The predicted molar refractivity (Wildman–Crippen MR) is 101 cm³/mol. The molecule has 1 aromatic carbocycles. The fourth-order valence-corrected chi connectivity index (χ4v) is 3.50. The van der Waals surface area contributed by atoms with Gasteiger partial charge < -0.3 is 15.0 Å². The zero-order chi connectivity index (χ0) is 17.8. The summed E-state index contributed by atoms with van der Waals surface area (Å²) in [6.07, 6.45) is 5.39. The first-order chi connectivity index (χ1) is 12.8. The van der Waals surface area contributed by atoms with Crippen LogP contribution in [0.15, 0.2) is 36.7 Å². The SMILES string of the molecule is COCc1cc(NCc2ccccc2N2CCCCC2)n2ncnc2n1. The van der Waals surface area contributed by atoms with Gasteiger partial charge in [0.05, 0.1) is 12.3 Å². The van der Waals surface area contributed by atoms with E-state index >= 15 is 0 Å². The molecule has 3 aromatic rings. The largest absolute Gasteiger partial charge is 0.378 e. The first-order valence-corrected chi connectivity index (χ1v) is 9.10. The van der Waals surface area contributed by atoms with Crippen LogP contribution in [0.1, 0.15) is 30.5 Å². The zero-order valence-corrected chi connectivity index (χ0v) is 15.1. The minimum atomic E-state index is 0.447. The molecule has 3 heterocycles. The van der Waals surface area contributed by atoms with Gasteiger partial charge in [-0.3, -0.25) is 0 Å².